The first-order valence-corrected chi connectivity index (χ1v) is 30.4. The van der Waals surface area contributed by atoms with Crippen LogP contribution in [0, 0.1) is 0 Å². The molecule has 3 fully saturated rings. The van der Waals surface area contributed by atoms with Crippen molar-refractivity contribution in [2.75, 3.05) is 0 Å². The molecule has 9 aromatic carbocycles. The van der Waals surface area contributed by atoms with Crippen LogP contribution in [0.2, 0.25) is 0 Å². The Labute approximate surface area is 497 Å². The highest BCUT2D eigenvalue weighted by Gasteiger charge is 2.54. The third kappa shape index (κ3) is 5.75. The molecule has 37 aliphatic rings. The lowest BCUT2D eigenvalue weighted by atomic mass is 9.79. The molecule has 0 spiro atoms. The van der Waals surface area contributed by atoms with Gasteiger partial charge in [-0.3, -0.25) is 86.9 Å². The van der Waals surface area contributed by atoms with E-state index >= 15 is 57.5 Å². The molecule has 88 heavy (non-hydrogen) atoms. The number of benzene rings is 9. The molecule has 18 nitrogen and oxygen atoms in total. The first-order valence-electron chi connectivity index (χ1n) is 30.4. The molecule has 0 aromatic heterocycles. The molecule has 34 heterocycles. The van der Waals surface area contributed by atoms with Crippen LogP contribution >= 0.6 is 0 Å². The fraction of sp³-hybridized carbons (Fsp3) is 0.257. The van der Waals surface area contributed by atoms with Crippen LogP contribution in [0.3, 0.4) is 0 Å². The van der Waals surface area contributed by atoms with Gasteiger partial charge in [-0.2, -0.15) is 0 Å². The van der Waals surface area contributed by atoms with Crippen molar-refractivity contribution < 1.29 is 57.5 Å². The predicted octanol–water partition coefficient (Wildman–Crippen LogP) is 9.97. The van der Waals surface area contributed by atoms with Gasteiger partial charge in [-0.25, -0.2) is 0 Å². The molecular weight excluding hydrogens is 1120 g/mol. The summed E-state index contributed by atoms with van der Waals surface area (Å²) in [5.41, 5.74) is 1.44. The summed E-state index contributed by atoms with van der Waals surface area (Å²) in [7, 11) is 0. The molecule has 6 atom stereocenters. The molecule has 9 aromatic rings. The zero-order chi connectivity index (χ0) is 59.5. The molecule has 3 unspecified atom stereocenters. The fourth-order valence-electron chi connectivity index (χ4n) is 18.0. The second kappa shape index (κ2) is 16.8. The van der Waals surface area contributed by atoms with Crippen molar-refractivity contribution in [3.63, 3.8) is 0 Å². The summed E-state index contributed by atoms with van der Waals surface area (Å²) < 4.78 is 0. The average Bonchev–Trinajstić information content (AvgIpc) is 1.17. The van der Waals surface area contributed by atoms with Gasteiger partial charge >= 0.3 is 0 Å². The Kier molecular flexibility index (Phi) is 9.51. The largest absolute Gasteiger partial charge is 0.269 e. The van der Waals surface area contributed by atoms with E-state index in [0.29, 0.717) is 94.5 Å². The molecule has 428 valence electrons. The molecule has 3 aliphatic carbocycles. The second-order valence-corrected chi connectivity index (χ2v) is 25.4. The molecule has 0 radical (unpaired) electrons. The fourth-order valence-corrected chi connectivity index (χ4v) is 18.0. The summed E-state index contributed by atoms with van der Waals surface area (Å²) >= 11 is 0. The van der Waals surface area contributed by atoms with E-state index in [-0.39, 0.29) is 114 Å². The summed E-state index contributed by atoms with van der Waals surface area (Å²) in [6, 6.07) is 20.0. The van der Waals surface area contributed by atoms with E-state index in [9.17, 15) is 0 Å². The number of imide groups is 6. The number of carbonyl (C=O) groups is 12. The third-order valence-corrected chi connectivity index (χ3v) is 21.7. The quantitative estimate of drug-likeness (QED) is 0.0786. The number of hydrogen-bond donors (Lipinski definition) is 0. The molecular formula is C70H46N6O12. The Balaban J connectivity index is 0.808. The summed E-state index contributed by atoms with van der Waals surface area (Å²) in [4.78, 5) is 190. The van der Waals surface area contributed by atoms with Crippen molar-refractivity contribution in [3.8, 4) is 0 Å². The van der Waals surface area contributed by atoms with Gasteiger partial charge in [0, 0.05) is 99.1 Å². The van der Waals surface area contributed by atoms with Gasteiger partial charge in [0.25, 0.3) is 70.9 Å². The normalized spacial score (nSPS) is 24.6. The van der Waals surface area contributed by atoms with Gasteiger partial charge in [0.1, 0.15) is 0 Å². The van der Waals surface area contributed by atoms with Crippen LogP contribution in [0.1, 0.15) is 201 Å². The number of carbonyl (C=O) groups excluding carboxylic acids is 12. The van der Waals surface area contributed by atoms with Gasteiger partial charge in [-0.05, 0) is 144 Å². The second-order valence-electron chi connectivity index (χ2n) is 25.4. The summed E-state index contributed by atoms with van der Waals surface area (Å²) in [5, 5.41) is 5.36. The Bertz CT molecular complexity index is 4560. The van der Waals surface area contributed by atoms with E-state index in [4.69, 9.17) is 0 Å². The van der Waals surface area contributed by atoms with Crippen LogP contribution in [-0.4, -0.2) is 137 Å². The minimum atomic E-state index is -1.02. The molecule has 12 amide bonds. The average molecular weight is 1160 g/mol. The van der Waals surface area contributed by atoms with E-state index < -0.39 is 107 Å². The van der Waals surface area contributed by atoms with Crippen LogP contribution in [0.15, 0.2) is 97.1 Å². The SMILES string of the molecule is O=C1c2ccc3c4c5ccc(c24)C(=O)N1C1CCCC[C@H]1N1C(=O)c2ccc4c6c(ccc(c26)C1=O)C(=O)N(C4=O)C1CCCC[C@H]1N1C(=O)c2ccc4c6ccc7c8c(ccc(c9ccc(c2c49)C1=O)c86)C(=O)N(C7=O)C1CCCC[C@H]1N(C3=O)C5=O. The van der Waals surface area contributed by atoms with Gasteiger partial charge in [0.05, 0.1) is 36.3 Å². The van der Waals surface area contributed by atoms with Crippen molar-refractivity contribution in [2.24, 2.45) is 0 Å². The lowest BCUT2D eigenvalue weighted by Gasteiger charge is -2.46. The van der Waals surface area contributed by atoms with Gasteiger partial charge < -0.3 is 0 Å². The number of amides is 12. The topological polar surface area (TPSA) is 224 Å². The molecule has 34 aliphatic heterocycles. The standard InChI is InChI=1S/C70H46N6O12/c77-59-33-17-13-29-31-15-19-35-54-36-20-16-32(52(31)54)30-14-18-34(53(33)51(29)30)60(78)71(59)45-7-1-3-9-47(45)73-63(81)37-21-25-41-57-42(26-22-38(55(37)57)64(73)82)68(86)75(67(41)85)49-11-5-6-12-50(49)76-69(87)43-27-23-39-56-40(24-28-44(58(43)56)70(76)88)66(84)74(65(39)83)48-10-4-2-8-46(48)72(61(35)79)62(36)80/h13-28,45-50H,1-12H2/t45-,46?,47?,48-,49-,50?/m1/s1. The van der Waals surface area contributed by atoms with Crippen molar-refractivity contribution in [1.82, 2.24) is 29.4 Å². The highest BCUT2D eigenvalue weighted by atomic mass is 16.2. The van der Waals surface area contributed by atoms with Crippen LogP contribution < -0.4 is 0 Å². The van der Waals surface area contributed by atoms with E-state index in [1.807, 2.05) is 24.3 Å². The zero-order valence-corrected chi connectivity index (χ0v) is 46.8. The molecule has 3 saturated carbocycles. The van der Waals surface area contributed by atoms with Crippen molar-refractivity contribution >= 4 is 136 Å². The van der Waals surface area contributed by atoms with E-state index in [1.165, 1.54) is 58.3 Å². The van der Waals surface area contributed by atoms with E-state index in [2.05, 4.69) is 0 Å². The lowest BCUT2D eigenvalue weighted by Crippen LogP contribution is -2.61. The molecule has 30 bridgehead atoms. The van der Waals surface area contributed by atoms with Crippen molar-refractivity contribution in [1.29, 1.82) is 0 Å². The third-order valence-electron chi connectivity index (χ3n) is 21.7. The Morgan fingerprint density at radius 2 is 0.307 bits per heavy atom. The highest BCUT2D eigenvalue weighted by Crippen LogP contribution is 2.50. The minimum Gasteiger partial charge on any atom is -0.269 e. The van der Waals surface area contributed by atoms with Gasteiger partial charge in [0.15, 0.2) is 0 Å². The molecule has 46 rings (SSSR count). The predicted molar refractivity (Wildman–Crippen MR) is 317 cm³/mol. The summed E-state index contributed by atoms with van der Waals surface area (Å²) in [6.07, 6.45) is 5.02. The molecule has 0 N–H and O–H groups in total. The smallest absolute Gasteiger partial charge is 0.261 e. The van der Waals surface area contributed by atoms with Crippen LogP contribution in [0.5, 0.6) is 0 Å². The van der Waals surface area contributed by atoms with Gasteiger partial charge in [-0.1, -0.05) is 62.8 Å². The first kappa shape index (κ1) is 49.9. The van der Waals surface area contributed by atoms with Crippen LogP contribution in [0.4, 0.5) is 0 Å². The number of nitrogens with zero attached hydrogens (tertiary/aromatic N) is 6. The van der Waals surface area contributed by atoms with Crippen molar-refractivity contribution in [2.45, 2.75) is 113 Å². The van der Waals surface area contributed by atoms with E-state index in [1.54, 1.807) is 24.3 Å². The van der Waals surface area contributed by atoms with Crippen LogP contribution in [0.25, 0.3) is 64.6 Å². The monoisotopic (exact) mass is 1160 g/mol. The Morgan fingerprint density at radius 3 is 0.455 bits per heavy atom. The lowest BCUT2D eigenvalue weighted by molar-refractivity contribution is 0.0236. The van der Waals surface area contributed by atoms with E-state index in [0.717, 1.165) is 19.6 Å². The maximum Gasteiger partial charge on any atom is 0.261 e. The summed E-state index contributed by atoms with van der Waals surface area (Å²) in [5.74, 6) is -8.12. The minimum absolute atomic E-state index is 0.0474. The number of rotatable bonds is 0. The first-order chi connectivity index (χ1) is 42.7. The molecule has 18 heteroatoms. The molecule has 0 saturated heterocycles. The maximum absolute atomic E-state index is 15.4. The van der Waals surface area contributed by atoms with Gasteiger partial charge in [0.2, 0.25) is 0 Å². The van der Waals surface area contributed by atoms with Gasteiger partial charge in [-0.15, -0.1) is 0 Å². The number of hydrogen-bond acceptors (Lipinski definition) is 12. The Morgan fingerprint density at radius 1 is 0.182 bits per heavy atom. The highest BCUT2D eigenvalue weighted by molar-refractivity contribution is 6.42. The Hall–Kier alpha value is -10.4. The summed E-state index contributed by atoms with van der Waals surface area (Å²) in [6.45, 7) is 0. The van der Waals surface area contributed by atoms with Crippen molar-refractivity contribution in [3.05, 3.63) is 164 Å². The van der Waals surface area contributed by atoms with Crippen LogP contribution in [-0.2, 0) is 0 Å². The zero-order valence-electron chi connectivity index (χ0n) is 46.8. The maximum atomic E-state index is 15.4.